The van der Waals surface area contributed by atoms with Crippen LogP contribution in [0.2, 0.25) is 0 Å². The van der Waals surface area contributed by atoms with Gasteiger partial charge in [0.25, 0.3) is 11.6 Å². The molecule has 0 atom stereocenters. The Morgan fingerprint density at radius 2 is 1.71 bits per heavy atom. The van der Waals surface area contributed by atoms with Crippen LogP contribution in [0.1, 0.15) is 0 Å². The number of amides is 1. The molecule has 0 heterocycles. The van der Waals surface area contributed by atoms with Gasteiger partial charge in [0.15, 0.2) is 6.61 Å². The van der Waals surface area contributed by atoms with Crippen molar-refractivity contribution in [3.63, 3.8) is 0 Å². The van der Waals surface area contributed by atoms with Crippen molar-refractivity contribution < 1.29 is 14.5 Å². The topological polar surface area (TPSA) is 81.5 Å². The smallest absolute Gasteiger partial charge is 0.269 e. The summed E-state index contributed by atoms with van der Waals surface area (Å²) in [6.07, 6.45) is 0. The van der Waals surface area contributed by atoms with Crippen LogP contribution in [0.15, 0.2) is 66.7 Å². The summed E-state index contributed by atoms with van der Waals surface area (Å²) in [5.74, 6) is 0.295. The second kappa shape index (κ2) is 6.78. The van der Waals surface area contributed by atoms with Crippen LogP contribution in [0.4, 0.5) is 11.4 Å². The number of hydrogen-bond donors (Lipinski definition) is 1. The van der Waals surface area contributed by atoms with Crippen molar-refractivity contribution in [3.05, 3.63) is 76.8 Å². The molecule has 0 unspecified atom stereocenters. The molecule has 0 saturated carbocycles. The molecule has 0 fully saturated rings. The standard InChI is InChI=1S/C18H14N2O4/c21-18(19-14-8-10-15(11-9-14)20(22)23)12-24-17-7-3-5-13-4-1-2-6-16(13)17/h1-11H,12H2,(H,19,21). The van der Waals surface area contributed by atoms with Gasteiger partial charge in [0.1, 0.15) is 5.75 Å². The number of non-ortho nitro benzene ring substituents is 1. The van der Waals surface area contributed by atoms with Gasteiger partial charge in [0, 0.05) is 23.2 Å². The van der Waals surface area contributed by atoms with Crippen LogP contribution in [0.25, 0.3) is 10.8 Å². The van der Waals surface area contributed by atoms with Gasteiger partial charge in [-0.05, 0) is 23.6 Å². The van der Waals surface area contributed by atoms with Crippen LogP contribution in [0, 0.1) is 10.1 Å². The highest BCUT2D eigenvalue weighted by molar-refractivity contribution is 5.93. The fourth-order valence-corrected chi connectivity index (χ4v) is 2.33. The van der Waals surface area contributed by atoms with Crippen LogP contribution in [-0.2, 0) is 4.79 Å². The number of nitro groups is 1. The third-order valence-electron chi connectivity index (χ3n) is 3.47. The van der Waals surface area contributed by atoms with Crippen LogP contribution in [-0.4, -0.2) is 17.4 Å². The van der Waals surface area contributed by atoms with Crippen LogP contribution in [0.3, 0.4) is 0 Å². The average Bonchev–Trinajstić information content (AvgIpc) is 2.60. The molecule has 0 aliphatic heterocycles. The zero-order chi connectivity index (χ0) is 16.9. The first-order valence-corrected chi connectivity index (χ1v) is 7.28. The molecule has 3 aromatic carbocycles. The molecule has 120 valence electrons. The Morgan fingerprint density at radius 3 is 2.46 bits per heavy atom. The number of rotatable bonds is 5. The van der Waals surface area contributed by atoms with E-state index in [2.05, 4.69) is 5.32 Å². The van der Waals surface area contributed by atoms with Gasteiger partial charge in [0.05, 0.1) is 4.92 Å². The number of carbonyl (C=O) groups is 1. The molecule has 0 radical (unpaired) electrons. The molecule has 0 bridgehead atoms. The van der Waals surface area contributed by atoms with Crippen molar-refractivity contribution in [1.82, 2.24) is 0 Å². The van der Waals surface area contributed by atoms with Crippen molar-refractivity contribution in [2.24, 2.45) is 0 Å². The minimum atomic E-state index is -0.491. The molecular formula is C18H14N2O4. The van der Waals surface area contributed by atoms with E-state index in [0.29, 0.717) is 11.4 Å². The maximum atomic E-state index is 12.0. The zero-order valence-electron chi connectivity index (χ0n) is 12.6. The number of nitrogens with zero attached hydrogens (tertiary/aromatic N) is 1. The number of fused-ring (bicyclic) bond motifs is 1. The van der Waals surface area contributed by atoms with Gasteiger partial charge in [-0.2, -0.15) is 0 Å². The third-order valence-corrected chi connectivity index (χ3v) is 3.47. The molecule has 0 aliphatic rings. The van der Waals surface area contributed by atoms with E-state index in [1.165, 1.54) is 24.3 Å². The fourth-order valence-electron chi connectivity index (χ4n) is 2.33. The quantitative estimate of drug-likeness (QED) is 0.573. The lowest BCUT2D eigenvalue weighted by molar-refractivity contribution is -0.384. The van der Waals surface area contributed by atoms with E-state index in [1.54, 1.807) is 0 Å². The normalized spacial score (nSPS) is 10.3. The molecular weight excluding hydrogens is 308 g/mol. The number of hydrogen-bond acceptors (Lipinski definition) is 4. The number of ether oxygens (including phenoxy) is 1. The number of anilines is 1. The number of carbonyl (C=O) groups excluding carboxylic acids is 1. The van der Waals surface area contributed by atoms with Crippen LogP contribution in [0.5, 0.6) is 5.75 Å². The Labute approximate surface area is 137 Å². The number of benzene rings is 3. The van der Waals surface area contributed by atoms with Crippen molar-refractivity contribution >= 4 is 28.1 Å². The van der Waals surface area contributed by atoms with Crippen LogP contribution < -0.4 is 10.1 Å². The minimum Gasteiger partial charge on any atom is -0.483 e. The maximum Gasteiger partial charge on any atom is 0.269 e. The molecule has 1 N–H and O–H groups in total. The summed E-state index contributed by atoms with van der Waals surface area (Å²) in [5, 5.41) is 15.2. The molecule has 24 heavy (non-hydrogen) atoms. The summed E-state index contributed by atoms with van der Waals surface area (Å²) < 4.78 is 5.59. The summed E-state index contributed by atoms with van der Waals surface area (Å²) in [4.78, 5) is 22.1. The molecule has 6 nitrogen and oxygen atoms in total. The Hall–Kier alpha value is -3.41. The van der Waals surface area contributed by atoms with E-state index in [9.17, 15) is 14.9 Å². The number of nitrogens with one attached hydrogen (secondary N) is 1. The molecule has 0 saturated heterocycles. The molecule has 0 aliphatic carbocycles. The van der Waals surface area contributed by atoms with Crippen molar-refractivity contribution in [1.29, 1.82) is 0 Å². The molecule has 3 rings (SSSR count). The summed E-state index contributed by atoms with van der Waals surface area (Å²) in [6, 6.07) is 19.0. The van der Waals surface area contributed by atoms with E-state index in [-0.39, 0.29) is 18.2 Å². The highest BCUT2D eigenvalue weighted by Crippen LogP contribution is 2.25. The maximum absolute atomic E-state index is 12.0. The first-order chi connectivity index (χ1) is 11.6. The minimum absolute atomic E-state index is 0.0278. The largest absolute Gasteiger partial charge is 0.483 e. The summed E-state index contributed by atoms with van der Waals surface area (Å²) >= 11 is 0. The Balaban J connectivity index is 1.64. The van der Waals surface area contributed by atoms with Gasteiger partial charge in [-0.3, -0.25) is 14.9 Å². The SMILES string of the molecule is O=C(COc1cccc2ccccc12)Nc1ccc([N+](=O)[O-])cc1. The van der Waals surface area contributed by atoms with E-state index in [4.69, 9.17) is 4.74 Å². The van der Waals surface area contributed by atoms with E-state index >= 15 is 0 Å². The summed E-state index contributed by atoms with van der Waals surface area (Å²) in [7, 11) is 0. The molecule has 1 amide bonds. The predicted molar refractivity (Wildman–Crippen MR) is 91.2 cm³/mol. The highest BCUT2D eigenvalue weighted by Gasteiger charge is 2.08. The Bertz CT molecular complexity index is 886. The molecule has 0 aromatic heterocycles. The summed E-state index contributed by atoms with van der Waals surface area (Å²) in [6.45, 7) is -0.148. The fraction of sp³-hybridized carbons (Fsp3) is 0.0556. The monoisotopic (exact) mass is 322 g/mol. The Kier molecular flexibility index (Phi) is 4.38. The van der Waals surface area contributed by atoms with Crippen LogP contribution >= 0.6 is 0 Å². The molecule has 0 spiro atoms. The lowest BCUT2D eigenvalue weighted by Crippen LogP contribution is -2.20. The van der Waals surface area contributed by atoms with E-state index in [1.807, 2.05) is 42.5 Å². The number of nitro benzene ring substituents is 1. The van der Waals surface area contributed by atoms with Crippen molar-refractivity contribution in [3.8, 4) is 5.75 Å². The highest BCUT2D eigenvalue weighted by atomic mass is 16.6. The van der Waals surface area contributed by atoms with Gasteiger partial charge in [-0.25, -0.2) is 0 Å². The zero-order valence-corrected chi connectivity index (χ0v) is 12.6. The van der Waals surface area contributed by atoms with Crippen molar-refractivity contribution in [2.75, 3.05) is 11.9 Å². The van der Waals surface area contributed by atoms with Gasteiger partial charge < -0.3 is 10.1 Å². The second-order valence-electron chi connectivity index (χ2n) is 5.12. The van der Waals surface area contributed by atoms with Gasteiger partial charge in [0.2, 0.25) is 0 Å². The first-order valence-electron chi connectivity index (χ1n) is 7.28. The predicted octanol–water partition coefficient (Wildman–Crippen LogP) is 3.77. The average molecular weight is 322 g/mol. The van der Waals surface area contributed by atoms with Gasteiger partial charge in [-0.15, -0.1) is 0 Å². The lowest BCUT2D eigenvalue weighted by Gasteiger charge is -2.09. The third kappa shape index (κ3) is 3.49. The Morgan fingerprint density at radius 1 is 1.00 bits per heavy atom. The van der Waals surface area contributed by atoms with Gasteiger partial charge >= 0.3 is 0 Å². The second-order valence-corrected chi connectivity index (χ2v) is 5.12. The van der Waals surface area contributed by atoms with E-state index < -0.39 is 4.92 Å². The summed E-state index contributed by atoms with van der Waals surface area (Å²) in [5.41, 5.74) is 0.451. The molecule has 3 aromatic rings. The lowest BCUT2D eigenvalue weighted by atomic mass is 10.1. The van der Waals surface area contributed by atoms with Gasteiger partial charge in [-0.1, -0.05) is 36.4 Å². The van der Waals surface area contributed by atoms with Crippen molar-refractivity contribution in [2.45, 2.75) is 0 Å². The molecule has 6 heteroatoms. The first kappa shape index (κ1) is 15.5. The van der Waals surface area contributed by atoms with E-state index in [0.717, 1.165) is 10.8 Å².